The number of thiophene rings is 2. The van der Waals surface area contributed by atoms with Crippen LogP contribution in [0, 0.1) is 0 Å². The van der Waals surface area contributed by atoms with E-state index in [1.807, 2.05) is 25.1 Å². The van der Waals surface area contributed by atoms with Gasteiger partial charge < -0.3 is 0 Å². The van der Waals surface area contributed by atoms with Gasteiger partial charge in [-0.15, -0.1) is 22.7 Å². The molecule has 92 valence electrons. The van der Waals surface area contributed by atoms with Gasteiger partial charge in [-0.3, -0.25) is 9.63 Å². The summed E-state index contributed by atoms with van der Waals surface area (Å²) in [6, 6.07) is 10.2. The molecular weight excluding hydrogens is 266 g/mol. The lowest BCUT2D eigenvalue weighted by Crippen LogP contribution is -2.22. The predicted octanol–water partition coefficient (Wildman–Crippen LogP) is 3.80. The van der Waals surface area contributed by atoms with E-state index >= 15 is 0 Å². The lowest BCUT2D eigenvalue weighted by Gasteiger charge is -1.99. The first kappa shape index (κ1) is 11.6. The van der Waals surface area contributed by atoms with Crippen LogP contribution in [-0.4, -0.2) is 12.5 Å². The van der Waals surface area contributed by atoms with Gasteiger partial charge in [0.25, 0.3) is 5.91 Å². The van der Waals surface area contributed by atoms with Crippen LogP contribution >= 0.6 is 22.7 Å². The van der Waals surface area contributed by atoms with Crippen molar-refractivity contribution in [3.05, 3.63) is 35.2 Å². The molecule has 0 saturated carbocycles. The fourth-order valence-corrected chi connectivity index (χ4v) is 4.21. The first-order chi connectivity index (χ1) is 8.79. The molecule has 3 aromatic rings. The molecule has 0 aliphatic heterocycles. The van der Waals surface area contributed by atoms with Crippen LogP contribution in [0.15, 0.2) is 30.3 Å². The Bertz CT molecular complexity index is 714. The number of hydrogen-bond acceptors (Lipinski definition) is 4. The highest BCUT2D eigenvalue weighted by atomic mass is 32.1. The summed E-state index contributed by atoms with van der Waals surface area (Å²) in [5.74, 6) is -0.172. The summed E-state index contributed by atoms with van der Waals surface area (Å²) >= 11 is 3.22. The van der Waals surface area contributed by atoms with E-state index in [1.54, 1.807) is 11.3 Å². The molecule has 1 amide bonds. The van der Waals surface area contributed by atoms with E-state index < -0.39 is 0 Å². The average molecular weight is 277 g/mol. The third-order valence-electron chi connectivity index (χ3n) is 2.58. The normalized spacial score (nSPS) is 11.2. The van der Waals surface area contributed by atoms with Crippen LogP contribution in [0.1, 0.15) is 16.6 Å². The Morgan fingerprint density at radius 3 is 2.94 bits per heavy atom. The Kier molecular flexibility index (Phi) is 3.03. The van der Waals surface area contributed by atoms with Crippen molar-refractivity contribution in [3.63, 3.8) is 0 Å². The monoisotopic (exact) mass is 277 g/mol. The van der Waals surface area contributed by atoms with Gasteiger partial charge in [0.05, 0.1) is 16.2 Å². The van der Waals surface area contributed by atoms with E-state index in [4.69, 9.17) is 4.84 Å². The van der Waals surface area contributed by atoms with Gasteiger partial charge in [0.1, 0.15) is 0 Å². The number of fused-ring (bicyclic) bond motifs is 3. The molecule has 1 aromatic carbocycles. The highest BCUT2D eigenvalue weighted by Gasteiger charge is 2.13. The fourth-order valence-electron chi connectivity index (χ4n) is 1.80. The Morgan fingerprint density at radius 1 is 1.28 bits per heavy atom. The van der Waals surface area contributed by atoms with Crippen LogP contribution in [0.25, 0.3) is 19.5 Å². The first-order valence-electron chi connectivity index (χ1n) is 5.63. The van der Waals surface area contributed by atoms with Crippen molar-refractivity contribution in [1.82, 2.24) is 5.48 Å². The van der Waals surface area contributed by atoms with Gasteiger partial charge in [-0.25, -0.2) is 5.48 Å². The maximum absolute atomic E-state index is 11.8. The molecule has 0 aliphatic rings. The molecule has 3 nitrogen and oxygen atoms in total. The van der Waals surface area contributed by atoms with E-state index in [0.717, 1.165) is 4.70 Å². The quantitative estimate of drug-likeness (QED) is 0.740. The highest BCUT2D eigenvalue weighted by molar-refractivity contribution is 7.33. The summed E-state index contributed by atoms with van der Waals surface area (Å²) < 4.78 is 3.59. The number of hydroxylamine groups is 1. The maximum Gasteiger partial charge on any atom is 0.284 e. The van der Waals surface area contributed by atoms with Crippen LogP contribution < -0.4 is 5.48 Å². The summed E-state index contributed by atoms with van der Waals surface area (Å²) in [7, 11) is 0. The van der Waals surface area contributed by atoms with Gasteiger partial charge in [0.15, 0.2) is 0 Å². The maximum atomic E-state index is 11.8. The van der Waals surface area contributed by atoms with Crippen LogP contribution in [0.2, 0.25) is 0 Å². The highest BCUT2D eigenvalue weighted by Crippen LogP contribution is 2.39. The molecular formula is C13H11NO2S2. The Balaban J connectivity index is 2.04. The third-order valence-corrected chi connectivity index (χ3v) is 5.00. The van der Waals surface area contributed by atoms with Crippen LogP contribution in [-0.2, 0) is 4.84 Å². The van der Waals surface area contributed by atoms with Gasteiger partial charge in [0.2, 0.25) is 0 Å². The van der Waals surface area contributed by atoms with Crippen molar-refractivity contribution in [2.45, 2.75) is 6.92 Å². The molecule has 5 heteroatoms. The number of hydrogen-bond donors (Lipinski definition) is 1. The first-order valence-corrected chi connectivity index (χ1v) is 7.26. The van der Waals surface area contributed by atoms with Crippen LogP contribution in [0.3, 0.4) is 0 Å². The summed E-state index contributed by atoms with van der Waals surface area (Å²) in [5, 5.41) is 1.22. The minimum absolute atomic E-state index is 0.172. The molecule has 3 rings (SSSR count). The van der Waals surface area contributed by atoms with Gasteiger partial charge in [-0.2, -0.15) is 0 Å². The Morgan fingerprint density at radius 2 is 2.11 bits per heavy atom. The number of amides is 1. The van der Waals surface area contributed by atoms with Crippen molar-refractivity contribution < 1.29 is 9.63 Å². The van der Waals surface area contributed by atoms with Crippen LogP contribution in [0.5, 0.6) is 0 Å². The lowest BCUT2D eigenvalue weighted by molar-refractivity contribution is 0.0368. The molecule has 0 saturated heterocycles. The third kappa shape index (κ3) is 1.90. The second-order valence-corrected chi connectivity index (χ2v) is 5.90. The van der Waals surface area contributed by atoms with Crippen molar-refractivity contribution in [2.24, 2.45) is 0 Å². The SMILES string of the molecule is CCONC(=O)c1cc2sc3ccccc3c2s1. The molecule has 0 spiro atoms. The van der Waals surface area contributed by atoms with E-state index in [-0.39, 0.29) is 5.91 Å². The average Bonchev–Trinajstić information content (AvgIpc) is 2.93. The fraction of sp³-hybridized carbons (Fsp3) is 0.154. The Hall–Kier alpha value is -1.43. The van der Waals surface area contributed by atoms with E-state index in [2.05, 4.69) is 17.6 Å². The molecule has 0 radical (unpaired) electrons. The summed E-state index contributed by atoms with van der Waals surface area (Å²) in [5.41, 5.74) is 2.42. The van der Waals surface area contributed by atoms with Crippen molar-refractivity contribution >= 4 is 48.1 Å². The molecule has 0 unspecified atom stereocenters. The Labute approximate surface area is 112 Å². The van der Waals surface area contributed by atoms with E-state index in [1.165, 1.54) is 26.1 Å². The topological polar surface area (TPSA) is 38.3 Å². The molecule has 2 aromatic heterocycles. The second kappa shape index (κ2) is 4.68. The largest absolute Gasteiger partial charge is 0.284 e. The van der Waals surface area contributed by atoms with Gasteiger partial charge in [-0.1, -0.05) is 18.2 Å². The van der Waals surface area contributed by atoms with Crippen molar-refractivity contribution in [2.75, 3.05) is 6.61 Å². The number of carbonyl (C=O) groups is 1. The molecule has 18 heavy (non-hydrogen) atoms. The number of benzene rings is 1. The molecule has 2 heterocycles. The van der Waals surface area contributed by atoms with Gasteiger partial charge >= 0.3 is 0 Å². The molecule has 0 bridgehead atoms. The van der Waals surface area contributed by atoms with Crippen LogP contribution in [0.4, 0.5) is 0 Å². The van der Waals surface area contributed by atoms with Gasteiger partial charge in [-0.05, 0) is 19.1 Å². The zero-order valence-electron chi connectivity index (χ0n) is 9.73. The van der Waals surface area contributed by atoms with Gasteiger partial charge in [0, 0.05) is 14.8 Å². The minimum atomic E-state index is -0.172. The van der Waals surface area contributed by atoms with E-state index in [9.17, 15) is 4.79 Å². The second-order valence-electron chi connectivity index (χ2n) is 3.77. The molecule has 0 atom stereocenters. The van der Waals surface area contributed by atoms with Crippen molar-refractivity contribution in [1.29, 1.82) is 0 Å². The predicted molar refractivity (Wildman–Crippen MR) is 76.3 cm³/mol. The smallest absolute Gasteiger partial charge is 0.274 e. The van der Waals surface area contributed by atoms with Crippen molar-refractivity contribution in [3.8, 4) is 0 Å². The lowest BCUT2D eigenvalue weighted by atomic mass is 10.2. The number of nitrogens with one attached hydrogen (secondary N) is 1. The molecule has 0 aliphatic carbocycles. The summed E-state index contributed by atoms with van der Waals surface area (Å²) in [6.07, 6.45) is 0. The molecule has 0 fully saturated rings. The number of rotatable bonds is 3. The minimum Gasteiger partial charge on any atom is -0.274 e. The zero-order valence-corrected chi connectivity index (χ0v) is 11.4. The number of carbonyl (C=O) groups excluding carboxylic acids is 1. The summed E-state index contributed by atoms with van der Waals surface area (Å²) in [4.78, 5) is 17.4. The standard InChI is InChI=1S/C13H11NO2S2/c1-2-16-14-13(15)11-7-10-12(18-11)8-5-3-4-6-9(8)17-10/h3-7H,2H2,1H3,(H,14,15). The van der Waals surface area contributed by atoms with E-state index in [0.29, 0.717) is 11.5 Å². The zero-order chi connectivity index (χ0) is 12.5. The summed E-state index contributed by atoms with van der Waals surface area (Å²) in [6.45, 7) is 2.30. The molecule has 1 N–H and O–H groups in total.